The molecular formula is C18H28N2. The molecule has 110 valence electrons. The number of hydrogen-bond donors (Lipinski definition) is 1. The predicted octanol–water partition coefficient (Wildman–Crippen LogP) is 3.00. The minimum Gasteiger partial charge on any atom is -0.317 e. The van der Waals surface area contributed by atoms with Gasteiger partial charge >= 0.3 is 0 Å². The number of nitrogens with zero attached hydrogens (tertiary/aromatic N) is 1. The maximum absolute atomic E-state index is 3.50. The molecule has 1 aliphatic heterocycles. The first-order valence-electron chi connectivity index (χ1n) is 8.30. The molecule has 2 heteroatoms. The normalized spacial score (nSPS) is 26.7. The van der Waals surface area contributed by atoms with Gasteiger partial charge in [0, 0.05) is 19.1 Å². The fourth-order valence-corrected chi connectivity index (χ4v) is 4.03. The molecule has 0 amide bonds. The standard InChI is InChI=1S/C18H28N2/c1-3-15-13-20(10-9-18(15)19-2)12-14-7-8-16-5-4-6-17(16)11-14/h7-8,11,15,18-19H,3-6,9-10,12-13H2,1-2H3. The lowest BCUT2D eigenvalue weighted by molar-refractivity contribution is 0.132. The molecule has 0 saturated carbocycles. The van der Waals surface area contributed by atoms with E-state index in [4.69, 9.17) is 0 Å². The summed E-state index contributed by atoms with van der Waals surface area (Å²) in [4.78, 5) is 2.65. The zero-order valence-corrected chi connectivity index (χ0v) is 13.0. The van der Waals surface area contributed by atoms with E-state index >= 15 is 0 Å². The molecule has 3 rings (SSSR count). The molecule has 2 unspecified atom stereocenters. The van der Waals surface area contributed by atoms with Gasteiger partial charge in [0.05, 0.1) is 0 Å². The van der Waals surface area contributed by atoms with E-state index in [1.54, 1.807) is 11.1 Å². The van der Waals surface area contributed by atoms with Gasteiger partial charge in [-0.3, -0.25) is 4.90 Å². The molecule has 2 aliphatic rings. The molecule has 1 fully saturated rings. The SMILES string of the molecule is CCC1CN(Cc2ccc3c(c2)CCC3)CCC1NC. The van der Waals surface area contributed by atoms with E-state index < -0.39 is 0 Å². The van der Waals surface area contributed by atoms with Crippen molar-refractivity contribution in [3.63, 3.8) is 0 Å². The van der Waals surface area contributed by atoms with Crippen molar-refractivity contribution in [2.45, 2.75) is 51.6 Å². The van der Waals surface area contributed by atoms with E-state index in [1.807, 2.05) is 0 Å². The van der Waals surface area contributed by atoms with Crippen LogP contribution in [0, 0.1) is 5.92 Å². The summed E-state index contributed by atoms with van der Waals surface area (Å²) in [6.07, 6.45) is 6.51. The van der Waals surface area contributed by atoms with Gasteiger partial charge in [-0.05, 0) is 61.9 Å². The van der Waals surface area contributed by atoms with Crippen molar-refractivity contribution >= 4 is 0 Å². The molecule has 1 aliphatic carbocycles. The number of likely N-dealkylation sites (tertiary alicyclic amines) is 1. The highest BCUT2D eigenvalue weighted by atomic mass is 15.1. The van der Waals surface area contributed by atoms with Gasteiger partial charge in [-0.25, -0.2) is 0 Å². The fourth-order valence-electron chi connectivity index (χ4n) is 4.03. The first-order valence-corrected chi connectivity index (χ1v) is 8.30. The van der Waals surface area contributed by atoms with Crippen molar-refractivity contribution in [1.29, 1.82) is 0 Å². The molecule has 2 atom stereocenters. The third-order valence-corrected chi connectivity index (χ3v) is 5.28. The van der Waals surface area contributed by atoms with Crippen LogP contribution in [0.15, 0.2) is 18.2 Å². The summed E-state index contributed by atoms with van der Waals surface area (Å²) in [5.74, 6) is 0.808. The molecule has 1 saturated heterocycles. The Morgan fingerprint density at radius 2 is 2.10 bits per heavy atom. The summed E-state index contributed by atoms with van der Waals surface area (Å²) >= 11 is 0. The van der Waals surface area contributed by atoms with Gasteiger partial charge < -0.3 is 5.32 Å². The maximum Gasteiger partial charge on any atom is 0.0233 e. The highest BCUT2D eigenvalue weighted by molar-refractivity contribution is 5.35. The Morgan fingerprint density at radius 3 is 2.90 bits per heavy atom. The molecule has 0 bridgehead atoms. The van der Waals surface area contributed by atoms with E-state index in [1.165, 1.54) is 50.8 Å². The van der Waals surface area contributed by atoms with Crippen molar-refractivity contribution in [3.05, 3.63) is 34.9 Å². The molecule has 0 radical (unpaired) electrons. The van der Waals surface area contributed by atoms with Gasteiger partial charge in [-0.1, -0.05) is 31.5 Å². The van der Waals surface area contributed by atoms with Gasteiger partial charge in [0.1, 0.15) is 0 Å². The molecular weight excluding hydrogens is 244 g/mol. The minimum absolute atomic E-state index is 0.719. The van der Waals surface area contributed by atoms with E-state index in [0.29, 0.717) is 0 Å². The Balaban J connectivity index is 1.63. The fraction of sp³-hybridized carbons (Fsp3) is 0.667. The Bertz CT molecular complexity index is 455. The zero-order valence-electron chi connectivity index (χ0n) is 13.0. The van der Waals surface area contributed by atoms with Gasteiger partial charge in [0.25, 0.3) is 0 Å². The highest BCUT2D eigenvalue weighted by Gasteiger charge is 2.26. The summed E-state index contributed by atoms with van der Waals surface area (Å²) in [5.41, 5.74) is 4.72. The van der Waals surface area contributed by atoms with Crippen LogP contribution in [-0.2, 0) is 19.4 Å². The largest absolute Gasteiger partial charge is 0.317 e. The van der Waals surface area contributed by atoms with Crippen LogP contribution in [0.3, 0.4) is 0 Å². The average molecular weight is 272 g/mol. The first kappa shape index (κ1) is 14.1. The van der Waals surface area contributed by atoms with Crippen LogP contribution in [0.5, 0.6) is 0 Å². The Morgan fingerprint density at radius 1 is 1.25 bits per heavy atom. The average Bonchev–Trinajstić information content (AvgIpc) is 2.94. The summed E-state index contributed by atoms with van der Waals surface area (Å²) in [6, 6.07) is 7.91. The smallest absolute Gasteiger partial charge is 0.0233 e. The maximum atomic E-state index is 3.50. The van der Waals surface area contributed by atoms with Crippen molar-refractivity contribution in [1.82, 2.24) is 10.2 Å². The Labute approximate surface area is 123 Å². The molecule has 1 aromatic rings. The van der Waals surface area contributed by atoms with Gasteiger partial charge in [-0.2, -0.15) is 0 Å². The lowest BCUT2D eigenvalue weighted by atomic mass is 9.90. The number of piperidine rings is 1. The van der Waals surface area contributed by atoms with Crippen LogP contribution in [0.2, 0.25) is 0 Å². The number of nitrogens with one attached hydrogen (secondary N) is 1. The second kappa shape index (κ2) is 6.28. The molecule has 1 aromatic carbocycles. The van der Waals surface area contributed by atoms with Crippen molar-refractivity contribution in [2.75, 3.05) is 20.1 Å². The molecule has 1 heterocycles. The lowest BCUT2D eigenvalue weighted by Gasteiger charge is -2.38. The number of benzene rings is 1. The molecule has 0 spiro atoms. The quantitative estimate of drug-likeness (QED) is 0.906. The van der Waals surface area contributed by atoms with Crippen LogP contribution in [0.25, 0.3) is 0 Å². The second-order valence-corrected chi connectivity index (χ2v) is 6.54. The van der Waals surface area contributed by atoms with Gasteiger partial charge in [0.15, 0.2) is 0 Å². The molecule has 2 nitrogen and oxygen atoms in total. The number of rotatable bonds is 4. The molecule has 1 N–H and O–H groups in total. The summed E-state index contributed by atoms with van der Waals surface area (Å²) in [6.45, 7) is 5.95. The minimum atomic E-state index is 0.719. The molecule has 20 heavy (non-hydrogen) atoms. The second-order valence-electron chi connectivity index (χ2n) is 6.54. The van der Waals surface area contributed by atoms with Crippen molar-refractivity contribution < 1.29 is 0 Å². The zero-order chi connectivity index (χ0) is 13.9. The van der Waals surface area contributed by atoms with Crippen LogP contribution in [0.1, 0.15) is 42.9 Å². The van der Waals surface area contributed by atoms with E-state index in [2.05, 4.69) is 42.4 Å². The topological polar surface area (TPSA) is 15.3 Å². The van der Waals surface area contributed by atoms with Gasteiger partial charge in [-0.15, -0.1) is 0 Å². The van der Waals surface area contributed by atoms with Crippen molar-refractivity contribution in [3.8, 4) is 0 Å². The third-order valence-electron chi connectivity index (χ3n) is 5.28. The first-order chi connectivity index (χ1) is 9.80. The van der Waals surface area contributed by atoms with Crippen LogP contribution in [0.4, 0.5) is 0 Å². The van der Waals surface area contributed by atoms with E-state index in [9.17, 15) is 0 Å². The number of hydrogen-bond acceptors (Lipinski definition) is 2. The highest BCUT2D eigenvalue weighted by Crippen LogP contribution is 2.25. The van der Waals surface area contributed by atoms with Crippen LogP contribution < -0.4 is 5.32 Å². The van der Waals surface area contributed by atoms with E-state index in [0.717, 1.165) is 18.5 Å². The van der Waals surface area contributed by atoms with Crippen LogP contribution >= 0.6 is 0 Å². The van der Waals surface area contributed by atoms with E-state index in [-0.39, 0.29) is 0 Å². The lowest BCUT2D eigenvalue weighted by Crippen LogP contribution is -2.47. The summed E-state index contributed by atoms with van der Waals surface area (Å²) < 4.78 is 0. The van der Waals surface area contributed by atoms with Crippen LogP contribution in [-0.4, -0.2) is 31.1 Å². The number of fused-ring (bicyclic) bond motifs is 1. The Kier molecular flexibility index (Phi) is 4.42. The third kappa shape index (κ3) is 2.91. The monoisotopic (exact) mass is 272 g/mol. The van der Waals surface area contributed by atoms with Gasteiger partial charge in [0.2, 0.25) is 0 Å². The van der Waals surface area contributed by atoms with Crippen molar-refractivity contribution in [2.24, 2.45) is 5.92 Å². The summed E-state index contributed by atoms with van der Waals surface area (Å²) in [5, 5.41) is 3.50. The predicted molar refractivity (Wildman–Crippen MR) is 85.0 cm³/mol. The summed E-state index contributed by atoms with van der Waals surface area (Å²) in [7, 11) is 2.11. The Hall–Kier alpha value is -0.860. The number of aryl methyl sites for hydroxylation is 2. The molecule has 0 aromatic heterocycles.